The zero-order chi connectivity index (χ0) is 14.4. The van der Waals surface area contributed by atoms with Crippen molar-refractivity contribution in [3.8, 4) is 0 Å². The van der Waals surface area contributed by atoms with Crippen LogP contribution in [0.25, 0.3) is 0 Å². The molecule has 0 aromatic heterocycles. The highest BCUT2D eigenvalue weighted by atomic mass is 35.5. The van der Waals surface area contributed by atoms with Crippen molar-refractivity contribution in [2.45, 2.75) is 45.2 Å². The Morgan fingerprint density at radius 3 is 2.60 bits per heavy atom. The largest absolute Gasteiger partial charge is 0.314 e. The van der Waals surface area contributed by atoms with Gasteiger partial charge in [-0.25, -0.2) is 0 Å². The number of halogens is 1. The van der Waals surface area contributed by atoms with Crippen molar-refractivity contribution in [2.75, 3.05) is 19.6 Å². The predicted molar refractivity (Wildman–Crippen MR) is 87.1 cm³/mol. The van der Waals surface area contributed by atoms with Crippen LogP contribution in [-0.2, 0) is 12.4 Å². The van der Waals surface area contributed by atoms with Gasteiger partial charge in [0.15, 0.2) is 0 Å². The zero-order valence-corrected chi connectivity index (χ0v) is 13.5. The number of piperidine rings is 1. The highest BCUT2D eigenvalue weighted by molar-refractivity contribution is 6.17. The van der Waals surface area contributed by atoms with Crippen LogP contribution in [0.3, 0.4) is 0 Å². The smallest absolute Gasteiger partial charge is 0.0474 e. The fourth-order valence-electron chi connectivity index (χ4n) is 2.77. The minimum absolute atomic E-state index is 0.606. The quantitative estimate of drug-likeness (QED) is 0.806. The summed E-state index contributed by atoms with van der Waals surface area (Å²) in [5.41, 5.74) is 2.61. The van der Waals surface area contributed by atoms with Crippen LogP contribution in [0.15, 0.2) is 24.3 Å². The molecule has 112 valence electrons. The van der Waals surface area contributed by atoms with Gasteiger partial charge >= 0.3 is 0 Å². The van der Waals surface area contributed by atoms with E-state index in [1.165, 1.54) is 37.1 Å². The molecule has 1 aromatic carbocycles. The van der Waals surface area contributed by atoms with E-state index < -0.39 is 0 Å². The molecule has 3 heteroatoms. The van der Waals surface area contributed by atoms with Gasteiger partial charge in [-0.3, -0.25) is 4.90 Å². The molecule has 0 aliphatic carbocycles. The standard InChI is InChI=1S/C17H27ClN2/c1-14(2)12-19-17-6-8-20(9-7-17)13-16-5-3-4-15(10-16)11-18/h3-5,10,14,17,19H,6-9,11-13H2,1-2H3. The normalized spacial score (nSPS) is 17.8. The molecule has 1 heterocycles. The Balaban J connectivity index is 1.76. The predicted octanol–water partition coefficient (Wildman–Crippen LogP) is 3.64. The molecule has 0 bridgehead atoms. The lowest BCUT2D eigenvalue weighted by molar-refractivity contribution is 0.189. The summed E-state index contributed by atoms with van der Waals surface area (Å²) in [7, 11) is 0. The summed E-state index contributed by atoms with van der Waals surface area (Å²) in [6, 6.07) is 9.36. The Morgan fingerprint density at radius 1 is 1.25 bits per heavy atom. The lowest BCUT2D eigenvalue weighted by Gasteiger charge is -2.33. The molecule has 0 atom stereocenters. The van der Waals surface area contributed by atoms with Gasteiger partial charge in [0.05, 0.1) is 0 Å². The van der Waals surface area contributed by atoms with Crippen LogP contribution in [0.1, 0.15) is 37.8 Å². The number of rotatable bonds is 6. The highest BCUT2D eigenvalue weighted by Gasteiger charge is 2.18. The third-order valence-electron chi connectivity index (χ3n) is 3.95. The van der Waals surface area contributed by atoms with Gasteiger partial charge in [0.1, 0.15) is 0 Å². The molecule has 1 aromatic rings. The molecule has 1 aliphatic heterocycles. The topological polar surface area (TPSA) is 15.3 Å². The van der Waals surface area contributed by atoms with E-state index in [-0.39, 0.29) is 0 Å². The van der Waals surface area contributed by atoms with Crippen LogP contribution in [0.5, 0.6) is 0 Å². The molecule has 1 aliphatic rings. The first-order chi connectivity index (χ1) is 9.67. The van der Waals surface area contributed by atoms with Gasteiger partial charge in [-0.1, -0.05) is 38.1 Å². The third-order valence-corrected chi connectivity index (χ3v) is 4.26. The molecule has 1 saturated heterocycles. The van der Waals surface area contributed by atoms with Gasteiger partial charge in [-0.05, 0) is 49.5 Å². The molecule has 1 N–H and O–H groups in total. The SMILES string of the molecule is CC(C)CNC1CCN(Cc2cccc(CCl)c2)CC1. The summed E-state index contributed by atoms with van der Waals surface area (Å²) in [4.78, 5) is 2.56. The Kier molecular flexibility index (Phi) is 6.34. The maximum absolute atomic E-state index is 5.90. The minimum Gasteiger partial charge on any atom is -0.314 e. The van der Waals surface area contributed by atoms with Gasteiger partial charge in [0.25, 0.3) is 0 Å². The van der Waals surface area contributed by atoms with E-state index in [0.717, 1.165) is 19.0 Å². The van der Waals surface area contributed by atoms with E-state index >= 15 is 0 Å². The van der Waals surface area contributed by atoms with Crippen molar-refractivity contribution >= 4 is 11.6 Å². The van der Waals surface area contributed by atoms with E-state index in [4.69, 9.17) is 11.6 Å². The Bertz CT molecular complexity index is 398. The van der Waals surface area contributed by atoms with Crippen LogP contribution >= 0.6 is 11.6 Å². The number of alkyl halides is 1. The number of likely N-dealkylation sites (tertiary alicyclic amines) is 1. The number of hydrogen-bond donors (Lipinski definition) is 1. The lowest BCUT2D eigenvalue weighted by atomic mass is 10.0. The number of nitrogens with one attached hydrogen (secondary N) is 1. The summed E-state index contributed by atoms with van der Waals surface area (Å²) >= 11 is 5.90. The molecule has 2 nitrogen and oxygen atoms in total. The van der Waals surface area contributed by atoms with E-state index in [2.05, 4.69) is 48.3 Å². The average molecular weight is 295 g/mol. The van der Waals surface area contributed by atoms with Crippen molar-refractivity contribution in [1.82, 2.24) is 10.2 Å². The molecule has 0 saturated carbocycles. The molecule has 1 fully saturated rings. The van der Waals surface area contributed by atoms with Crippen LogP contribution < -0.4 is 5.32 Å². The maximum atomic E-state index is 5.90. The minimum atomic E-state index is 0.606. The average Bonchev–Trinajstić information content (AvgIpc) is 2.47. The first-order valence-corrected chi connectivity index (χ1v) is 8.30. The fourth-order valence-corrected chi connectivity index (χ4v) is 2.93. The molecule has 0 amide bonds. The molecule has 20 heavy (non-hydrogen) atoms. The summed E-state index contributed by atoms with van der Waals surface area (Å²) < 4.78 is 0. The second-order valence-electron chi connectivity index (χ2n) is 6.31. The van der Waals surface area contributed by atoms with E-state index in [1.807, 2.05) is 0 Å². The van der Waals surface area contributed by atoms with E-state index in [1.54, 1.807) is 0 Å². The van der Waals surface area contributed by atoms with E-state index in [9.17, 15) is 0 Å². The van der Waals surface area contributed by atoms with E-state index in [0.29, 0.717) is 11.9 Å². The lowest BCUT2D eigenvalue weighted by Crippen LogP contribution is -2.43. The highest BCUT2D eigenvalue weighted by Crippen LogP contribution is 2.15. The van der Waals surface area contributed by atoms with Crippen LogP contribution in [0.4, 0.5) is 0 Å². The second-order valence-corrected chi connectivity index (χ2v) is 6.57. The molecular formula is C17H27ClN2. The second kappa shape index (κ2) is 8.02. The Labute approximate surface area is 128 Å². The summed E-state index contributed by atoms with van der Waals surface area (Å²) in [6.45, 7) is 9.13. The molecule has 0 unspecified atom stereocenters. The first kappa shape index (κ1) is 15.8. The van der Waals surface area contributed by atoms with Crippen LogP contribution in [0.2, 0.25) is 0 Å². The van der Waals surface area contributed by atoms with Gasteiger partial charge in [0.2, 0.25) is 0 Å². The number of hydrogen-bond acceptors (Lipinski definition) is 2. The molecular weight excluding hydrogens is 268 g/mol. The molecule has 0 spiro atoms. The Morgan fingerprint density at radius 2 is 1.95 bits per heavy atom. The summed E-state index contributed by atoms with van der Waals surface area (Å²) in [5, 5.41) is 3.68. The molecule has 0 radical (unpaired) electrons. The van der Waals surface area contributed by atoms with Crippen molar-refractivity contribution in [3.63, 3.8) is 0 Å². The number of nitrogens with zero attached hydrogens (tertiary/aromatic N) is 1. The fraction of sp³-hybridized carbons (Fsp3) is 0.647. The maximum Gasteiger partial charge on any atom is 0.0474 e. The van der Waals surface area contributed by atoms with Crippen molar-refractivity contribution in [1.29, 1.82) is 0 Å². The van der Waals surface area contributed by atoms with Crippen LogP contribution in [-0.4, -0.2) is 30.6 Å². The van der Waals surface area contributed by atoms with Gasteiger partial charge in [-0.15, -0.1) is 11.6 Å². The summed E-state index contributed by atoms with van der Waals surface area (Å²) in [5.74, 6) is 1.35. The van der Waals surface area contributed by atoms with Crippen molar-refractivity contribution < 1.29 is 0 Å². The van der Waals surface area contributed by atoms with Crippen LogP contribution in [0, 0.1) is 5.92 Å². The van der Waals surface area contributed by atoms with Gasteiger partial charge in [-0.2, -0.15) is 0 Å². The zero-order valence-electron chi connectivity index (χ0n) is 12.7. The monoisotopic (exact) mass is 294 g/mol. The Hall–Kier alpha value is -0.570. The number of benzene rings is 1. The molecule has 2 rings (SSSR count). The third kappa shape index (κ3) is 5.08. The summed E-state index contributed by atoms with van der Waals surface area (Å²) in [6.07, 6.45) is 2.53. The first-order valence-electron chi connectivity index (χ1n) is 7.77. The van der Waals surface area contributed by atoms with Crippen molar-refractivity contribution in [2.24, 2.45) is 5.92 Å². The van der Waals surface area contributed by atoms with Gasteiger partial charge in [0, 0.05) is 18.5 Å². The van der Waals surface area contributed by atoms with Crippen molar-refractivity contribution in [3.05, 3.63) is 35.4 Å². The van der Waals surface area contributed by atoms with Gasteiger partial charge < -0.3 is 5.32 Å².